The third-order valence-electron chi connectivity index (χ3n) is 4.75. The standard InChI is InChI=1S/C19H18N4O3/c24-17-14-15(13-9-5-2-6-10-13)20-18(25)21-16(14)23(19(26)22-17)11-12-7-3-1-4-8-12/h1-10,14-16H,11H2,(H2,20,21,25)(H,22,24,26). The van der Waals surface area contributed by atoms with Crippen LogP contribution in [0.1, 0.15) is 17.2 Å². The molecule has 132 valence electrons. The van der Waals surface area contributed by atoms with E-state index in [2.05, 4.69) is 16.0 Å². The fourth-order valence-corrected chi connectivity index (χ4v) is 3.53. The van der Waals surface area contributed by atoms with Gasteiger partial charge in [-0.3, -0.25) is 15.0 Å². The van der Waals surface area contributed by atoms with Crippen molar-refractivity contribution in [3.05, 3.63) is 71.8 Å². The summed E-state index contributed by atoms with van der Waals surface area (Å²) < 4.78 is 0. The van der Waals surface area contributed by atoms with Crippen LogP contribution in [0.3, 0.4) is 0 Å². The molecule has 0 saturated carbocycles. The minimum absolute atomic E-state index is 0.295. The molecule has 26 heavy (non-hydrogen) atoms. The van der Waals surface area contributed by atoms with Crippen LogP contribution in [0.2, 0.25) is 0 Å². The highest BCUT2D eigenvalue weighted by Crippen LogP contribution is 2.32. The van der Waals surface area contributed by atoms with Crippen molar-refractivity contribution in [2.75, 3.05) is 0 Å². The molecule has 2 aliphatic rings. The van der Waals surface area contributed by atoms with Crippen molar-refractivity contribution >= 4 is 18.0 Å². The van der Waals surface area contributed by atoms with E-state index < -0.39 is 36.1 Å². The highest BCUT2D eigenvalue weighted by Gasteiger charge is 2.49. The van der Waals surface area contributed by atoms with Crippen molar-refractivity contribution in [2.45, 2.75) is 18.8 Å². The predicted molar refractivity (Wildman–Crippen MR) is 93.7 cm³/mol. The average molecular weight is 350 g/mol. The van der Waals surface area contributed by atoms with Crippen molar-refractivity contribution in [2.24, 2.45) is 5.92 Å². The van der Waals surface area contributed by atoms with Crippen LogP contribution in [0.5, 0.6) is 0 Å². The van der Waals surface area contributed by atoms with Crippen LogP contribution in [0.15, 0.2) is 60.7 Å². The third-order valence-corrected chi connectivity index (χ3v) is 4.75. The van der Waals surface area contributed by atoms with Gasteiger partial charge in [0.2, 0.25) is 5.91 Å². The quantitative estimate of drug-likeness (QED) is 0.787. The first-order valence-electron chi connectivity index (χ1n) is 8.41. The first kappa shape index (κ1) is 16.1. The van der Waals surface area contributed by atoms with Crippen LogP contribution < -0.4 is 16.0 Å². The van der Waals surface area contributed by atoms with Crippen molar-refractivity contribution in [3.63, 3.8) is 0 Å². The Bertz CT molecular complexity index is 840. The largest absolute Gasteiger partial charge is 0.330 e. The van der Waals surface area contributed by atoms with Gasteiger partial charge in [0, 0.05) is 6.54 Å². The minimum Gasteiger partial charge on any atom is -0.330 e. The Morgan fingerprint density at radius 1 is 0.846 bits per heavy atom. The molecule has 3 N–H and O–H groups in total. The topological polar surface area (TPSA) is 90.5 Å². The van der Waals surface area contributed by atoms with E-state index in [9.17, 15) is 14.4 Å². The fraction of sp³-hybridized carbons (Fsp3) is 0.211. The number of urea groups is 2. The summed E-state index contributed by atoms with van der Waals surface area (Å²) in [5.41, 5.74) is 1.74. The molecule has 2 aromatic rings. The molecule has 0 aromatic heterocycles. The second-order valence-electron chi connectivity index (χ2n) is 6.38. The summed E-state index contributed by atoms with van der Waals surface area (Å²) in [5.74, 6) is -1.03. The summed E-state index contributed by atoms with van der Waals surface area (Å²) in [6.45, 7) is 0.295. The van der Waals surface area contributed by atoms with E-state index in [1.54, 1.807) is 0 Å². The summed E-state index contributed by atoms with van der Waals surface area (Å²) >= 11 is 0. The molecule has 5 amide bonds. The Morgan fingerprint density at radius 2 is 1.50 bits per heavy atom. The van der Waals surface area contributed by atoms with Crippen LogP contribution in [0, 0.1) is 5.92 Å². The molecule has 3 unspecified atom stereocenters. The number of nitrogens with zero attached hydrogens (tertiary/aromatic N) is 1. The van der Waals surface area contributed by atoms with E-state index in [0.29, 0.717) is 6.54 Å². The summed E-state index contributed by atoms with van der Waals surface area (Å²) in [5, 5.41) is 7.98. The van der Waals surface area contributed by atoms with Gasteiger partial charge in [-0.05, 0) is 11.1 Å². The summed E-state index contributed by atoms with van der Waals surface area (Å²) in [4.78, 5) is 38.7. The number of imide groups is 1. The molecule has 7 heteroatoms. The Labute approximate surface area is 150 Å². The van der Waals surface area contributed by atoms with E-state index in [-0.39, 0.29) is 0 Å². The molecule has 0 bridgehead atoms. The van der Waals surface area contributed by atoms with Crippen LogP contribution in [0.25, 0.3) is 0 Å². The number of carbonyl (C=O) groups excluding carboxylic acids is 3. The number of carbonyl (C=O) groups is 3. The van der Waals surface area contributed by atoms with E-state index >= 15 is 0 Å². The molecule has 7 nitrogen and oxygen atoms in total. The zero-order valence-electron chi connectivity index (χ0n) is 13.9. The SMILES string of the molecule is O=C1NC(c2ccccc2)C2C(=O)NC(=O)N(Cc3ccccc3)C2N1. The van der Waals surface area contributed by atoms with E-state index in [1.165, 1.54) is 4.90 Å². The molecule has 0 spiro atoms. The Balaban J connectivity index is 1.69. The molecular formula is C19H18N4O3. The number of amides is 5. The van der Waals surface area contributed by atoms with Crippen LogP contribution in [-0.4, -0.2) is 29.0 Å². The zero-order valence-corrected chi connectivity index (χ0v) is 13.9. The maximum atomic E-state index is 12.6. The van der Waals surface area contributed by atoms with Gasteiger partial charge in [0.1, 0.15) is 12.1 Å². The van der Waals surface area contributed by atoms with Gasteiger partial charge < -0.3 is 10.6 Å². The van der Waals surface area contributed by atoms with E-state index in [4.69, 9.17) is 0 Å². The van der Waals surface area contributed by atoms with Gasteiger partial charge in [-0.25, -0.2) is 9.59 Å². The Kier molecular flexibility index (Phi) is 4.04. The number of hydrogen-bond acceptors (Lipinski definition) is 3. The number of rotatable bonds is 3. The van der Waals surface area contributed by atoms with Crippen molar-refractivity contribution in [3.8, 4) is 0 Å². The molecule has 2 saturated heterocycles. The predicted octanol–water partition coefficient (Wildman–Crippen LogP) is 1.73. The highest BCUT2D eigenvalue weighted by atomic mass is 16.2. The Morgan fingerprint density at radius 3 is 2.19 bits per heavy atom. The number of nitrogens with one attached hydrogen (secondary N) is 3. The normalized spacial score (nSPS) is 25.0. The zero-order chi connectivity index (χ0) is 18.1. The maximum Gasteiger partial charge on any atom is 0.326 e. The fourth-order valence-electron chi connectivity index (χ4n) is 3.53. The molecule has 0 radical (unpaired) electrons. The van der Waals surface area contributed by atoms with Gasteiger partial charge in [0.15, 0.2) is 0 Å². The first-order chi connectivity index (χ1) is 12.6. The molecule has 4 rings (SSSR count). The maximum absolute atomic E-state index is 12.6. The van der Waals surface area contributed by atoms with E-state index in [1.807, 2.05) is 60.7 Å². The first-order valence-corrected chi connectivity index (χ1v) is 8.41. The molecule has 0 aliphatic carbocycles. The van der Waals surface area contributed by atoms with Gasteiger partial charge in [0.25, 0.3) is 0 Å². The van der Waals surface area contributed by atoms with Gasteiger partial charge in [0.05, 0.1) is 6.04 Å². The lowest BCUT2D eigenvalue weighted by Crippen LogP contribution is -2.71. The van der Waals surface area contributed by atoms with Crippen molar-refractivity contribution in [1.82, 2.24) is 20.9 Å². The number of benzene rings is 2. The second-order valence-corrected chi connectivity index (χ2v) is 6.38. The van der Waals surface area contributed by atoms with Gasteiger partial charge >= 0.3 is 12.1 Å². The molecule has 2 fully saturated rings. The molecule has 2 aromatic carbocycles. The minimum atomic E-state index is -0.713. The lowest BCUT2D eigenvalue weighted by molar-refractivity contribution is -0.130. The third kappa shape index (κ3) is 2.88. The number of fused-ring (bicyclic) bond motifs is 1. The smallest absolute Gasteiger partial charge is 0.326 e. The molecular weight excluding hydrogens is 332 g/mol. The second kappa shape index (κ2) is 6.51. The molecule has 2 heterocycles. The van der Waals surface area contributed by atoms with E-state index in [0.717, 1.165) is 11.1 Å². The number of hydrogen-bond donors (Lipinski definition) is 3. The van der Waals surface area contributed by atoms with Crippen LogP contribution in [0.4, 0.5) is 9.59 Å². The van der Waals surface area contributed by atoms with Crippen molar-refractivity contribution in [1.29, 1.82) is 0 Å². The Hall–Kier alpha value is -3.35. The van der Waals surface area contributed by atoms with Gasteiger partial charge in [-0.15, -0.1) is 0 Å². The monoisotopic (exact) mass is 350 g/mol. The summed E-state index contributed by atoms with van der Waals surface area (Å²) in [6, 6.07) is 17.3. The lowest BCUT2D eigenvalue weighted by Gasteiger charge is -2.46. The summed E-state index contributed by atoms with van der Waals surface area (Å²) in [6.07, 6.45) is -0.713. The van der Waals surface area contributed by atoms with Crippen LogP contribution in [-0.2, 0) is 11.3 Å². The molecule has 3 atom stereocenters. The van der Waals surface area contributed by atoms with Crippen LogP contribution >= 0.6 is 0 Å². The van der Waals surface area contributed by atoms with Gasteiger partial charge in [-0.1, -0.05) is 60.7 Å². The summed E-state index contributed by atoms with van der Waals surface area (Å²) in [7, 11) is 0. The lowest BCUT2D eigenvalue weighted by atomic mass is 9.86. The van der Waals surface area contributed by atoms with Gasteiger partial charge in [-0.2, -0.15) is 0 Å². The average Bonchev–Trinajstić information content (AvgIpc) is 2.66. The van der Waals surface area contributed by atoms with Crippen molar-refractivity contribution < 1.29 is 14.4 Å². The highest BCUT2D eigenvalue weighted by molar-refractivity contribution is 6.00. The molecule has 2 aliphatic heterocycles.